The van der Waals surface area contributed by atoms with E-state index in [0.29, 0.717) is 11.8 Å². The van der Waals surface area contributed by atoms with Gasteiger partial charge in [-0.25, -0.2) is 0 Å². The van der Waals surface area contributed by atoms with Crippen LogP contribution in [0.5, 0.6) is 0 Å². The summed E-state index contributed by atoms with van der Waals surface area (Å²) in [6, 6.07) is 77.3. The van der Waals surface area contributed by atoms with Crippen molar-refractivity contribution in [1.82, 2.24) is 10.2 Å². The summed E-state index contributed by atoms with van der Waals surface area (Å²) >= 11 is 0. The Balaban J connectivity index is 0.940. The Morgan fingerprint density at radius 3 is 1.26 bits per heavy atom. The first kappa shape index (κ1) is 35.6. The lowest BCUT2D eigenvalue weighted by Crippen LogP contribution is -1.86. The smallest absolute Gasteiger partial charge is 0.248 e. The molecule has 4 heteroatoms. The zero-order valence-corrected chi connectivity index (χ0v) is 33.5. The number of hydrogen-bond acceptors (Lipinski definition) is 4. The zero-order valence-electron chi connectivity index (χ0n) is 33.5. The Morgan fingerprint density at radius 2 is 0.677 bits per heavy atom. The molecule has 2 aromatic heterocycles. The third-order valence-electron chi connectivity index (χ3n) is 12.1. The molecule has 0 radical (unpaired) electrons. The monoisotopic (exact) mass is 792 g/mol. The highest BCUT2D eigenvalue weighted by molar-refractivity contribution is 6.12. The van der Waals surface area contributed by atoms with Crippen LogP contribution in [0.1, 0.15) is 0 Å². The average Bonchev–Trinajstić information content (AvgIpc) is 4.00. The van der Waals surface area contributed by atoms with Crippen LogP contribution in [0, 0.1) is 0 Å². The summed E-state index contributed by atoms with van der Waals surface area (Å²) < 4.78 is 12.9. The van der Waals surface area contributed by atoms with E-state index in [1.54, 1.807) is 0 Å². The highest BCUT2D eigenvalue weighted by Gasteiger charge is 2.18. The van der Waals surface area contributed by atoms with Gasteiger partial charge in [0, 0.05) is 27.5 Å². The molecule has 0 aliphatic heterocycles. The van der Waals surface area contributed by atoms with Gasteiger partial charge in [0.15, 0.2) is 0 Å². The van der Waals surface area contributed by atoms with Crippen molar-refractivity contribution in [2.75, 3.05) is 0 Å². The van der Waals surface area contributed by atoms with E-state index in [4.69, 9.17) is 8.83 Å². The number of aromatic nitrogens is 2. The number of hydrogen-bond donors (Lipinski definition) is 0. The van der Waals surface area contributed by atoms with Gasteiger partial charge in [0.1, 0.15) is 11.2 Å². The molecule has 0 aliphatic rings. The van der Waals surface area contributed by atoms with Crippen molar-refractivity contribution in [3.8, 4) is 78.5 Å². The Kier molecular flexibility index (Phi) is 8.46. The number of furan rings is 1. The number of nitrogens with zero attached hydrogens (tertiary/aromatic N) is 2. The van der Waals surface area contributed by atoms with E-state index in [2.05, 4.69) is 186 Å². The zero-order chi connectivity index (χ0) is 41.0. The minimum absolute atomic E-state index is 0.474. The van der Waals surface area contributed by atoms with Gasteiger partial charge < -0.3 is 8.83 Å². The van der Waals surface area contributed by atoms with E-state index in [1.807, 2.05) is 42.5 Å². The number of benzene rings is 10. The highest BCUT2D eigenvalue weighted by Crippen LogP contribution is 2.42. The summed E-state index contributed by atoms with van der Waals surface area (Å²) in [7, 11) is 0. The van der Waals surface area contributed by atoms with E-state index in [-0.39, 0.29) is 0 Å². The molecule has 0 atom stereocenters. The van der Waals surface area contributed by atoms with Gasteiger partial charge >= 0.3 is 0 Å². The average molecular weight is 793 g/mol. The molecule has 4 nitrogen and oxygen atoms in total. The predicted octanol–water partition coefficient (Wildman–Crippen LogP) is 15.9. The number of rotatable bonds is 7. The summed E-state index contributed by atoms with van der Waals surface area (Å²) in [6.07, 6.45) is 0. The van der Waals surface area contributed by atoms with Crippen LogP contribution in [0.2, 0.25) is 0 Å². The van der Waals surface area contributed by atoms with E-state index in [1.165, 1.54) is 43.8 Å². The molecule has 0 N–H and O–H groups in total. The molecule has 12 rings (SSSR count). The van der Waals surface area contributed by atoms with Crippen LogP contribution in [-0.4, -0.2) is 10.2 Å². The largest absolute Gasteiger partial charge is 0.455 e. The van der Waals surface area contributed by atoms with E-state index in [0.717, 1.165) is 66.4 Å². The molecular weight excluding hydrogens is 757 g/mol. The fourth-order valence-electron chi connectivity index (χ4n) is 8.72. The molecule has 62 heavy (non-hydrogen) atoms. The second-order valence-electron chi connectivity index (χ2n) is 15.8. The first-order valence-corrected chi connectivity index (χ1v) is 20.9. The topological polar surface area (TPSA) is 52.1 Å². The van der Waals surface area contributed by atoms with Gasteiger partial charge in [0.25, 0.3) is 0 Å². The van der Waals surface area contributed by atoms with Crippen molar-refractivity contribution >= 4 is 43.5 Å². The lowest BCUT2D eigenvalue weighted by atomic mass is 9.93. The van der Waals surface area contributed by atoms with Crippen molar-refractivity contribution in [2.24, 2.45) is 0 Å². The normalized spacial score (nSPS) is 11.5. The van der Waals surface area contributed by atoms with Crippen LogP contribution in [0.4, 0.5) is 0 Å². The molecule has 0 saturated heterocycles. The molecular formula is C58H36N2O2. The minimum Gasteiger partial charge on any atom is -0.455 e. The Bertz CT molecular complexity index is 3600. The summed E-state index contributed by atoms with van der Waals surface area (Å²) in [5, 5.41) is 15.8. The van der Waals surface area contributed by atoms with Gasteiger partial charge in [0.05, 0.1) is 0 Å². The molecule has 0 spiro atoms. The highest BCUT2D eigenvalue weighted by atomic mass is 16.4. The van der Waals surface area contributed by atoms with Crippen LogP contribution in [0.3, 0.4) is 0 Å². The molecule has 0 saturated carbocycles. The first-order chi connectivity index (χ1) is 30.7. The molecule has 0 aliphatic carbocycles. The maximum Gasteiger partial charge on any atom is 0.248 e. The second kappa shape index (κ2) is 14.7. The van der Waals surface area contributed by atoms with Crippen molar-refractivity contribution in [1.29, 1.82) is 0 Å². The van der Waals surface area contributed by atoms with Crippen LogP contribution < -0.4 is 0 Å². The van der Waals surface area contributed by atoms with Gasteiger partial charge in [-0.2, -0.15) is 0 Å². The lowest BCUT2D eigenvalue weighted by Gasteiger charge is -2.10. The number of fused-ring (bicyclic) bond motifs is 5. The Labute approximate surface area is 358 Å². The van der Waals surface area contributed by atoms with Gasteiger partial charge in [0.2, 0.25) is 11.8 Å². The maximum atomic E-state index is 6.77. The van der Waals surface area contributed by atoms with Gasteiger partial charge in [-0.1, -0.05) is 158 Å². The summed E-state index contributed by atoms with van der Waals surface area (Å²) in [5.74, 6) is 0.968. The molecule has 0 unspecified atom stereocenters. The maximum absolute atomic E-state index is 6.77. The minimum atomic E-state index is 0.474. The second-order valence-corrected chi connectivity index (χ2v) is 15.8. The van der Waals surface area contributed by atoms with Crippen LogP contribution in [-0.2, 0) is 0 Å². The van der Waals surface area contributed by atoms with Crippen molar-refractivity contribution in [3.63, 3.8) is 0 Å². The molecule has 290 valence electrons. The summed E-state index contributed by atoms with van der Waals surface area (Å²) in [5.41, 5.74) is 14.8. The van der Waals surface area contributed by atoms with E-state index in [9.17, 15) is 0 Å². The quantitative estimate of drug-likeness (QED) is 0.161. The van der Waals surface area contributed by atoms with Gasteiger partial charge in [-0.05, 0) is 132 Å². The molecule has 0 amide bonds. The van der Waals surface area contributed by atoms with Crippen LogP contribution >= 0.6 is 0 Å². The third-order valence-corrected chi connectivity index (χ3v) is 12.1. The molecule has 0 bridgehead atoms. The van der Waals surface area contributed by atoms with Crippen molar-refractivity contribution < 1.29 is 8.83 Å². The molecule has 0 fully saturated rings. The summed E-state index contributed by atoms with van der Waals surface area (Å²) in [6.45, 7) is 0. The standard InChI is InChI=1S/C58H36N2O2/c1-2-10-44(11-3-1)57-59-60-58(62-57)45-26-24-43(25-27-45)52-35-51(42-20-18-40(19-21-42)49-29-23-38-9-5-7-13-47(38)33-49)36-54-53-34-50(30-31-55(53)61-56(52)54)41-16-14-39(15-17-41)48-28-22-37-8-4-6-12-46(37)32-48/h1-36H. The fourth-order valence-corrected chi connectivity index (χ4v) is 8.72. The molecule has 12 aromatic rings. The molecule has 2 heterocycles. The van der Waals surface area contributed by atoms with E-state index >= 15 is 0 Å². The summed E-state index contributed by atoms with van der Waals surface area (Å²) in [4.78, 5) is 0. The van der Waals surface area contributed by atoms with Crippen LogP contribution in [0.15, 0.2) is 227 Å². The third kappa shape index (κ3) is 6.42. The Hall–Kier alpha value is -8.34. The Morgan fingerprint density at radius 1 is 0.258 bits per heavy atom. The van der Waals surface area contributed by atoms with Crippen LogP contribution in [0.25, 0.3) is 122 Å². The van der Waals surface area contributed by atoms with Gasteiger partial charge in [-0.3, -0.25) is 0 Å². The van der Waals surface area contributed by atoms with Gasteiger partial charge in [-0.15, -0.1) is 10.2 Å². The SMILES string of the molecule is c1ccc(-c2nnc(-c3ccc(-c4cc(-c5ccc(-c6ccc7ccccc7c6)cc5)cc5c4oc4ccc(-c6ccc(-c7ccc8ccccc8c7)cc6)cc45)cc3)o2)cc1. The first-order valence-electron chi connectivity index (χ1n) is 20.9. The van der Waals surface area contributed by atoms with E-state index < -0.39 is 0 Å². The lowest BCUT2D eigenvalue weighted by molar-refractivity contribution is 0.584. The van der Waals surface area contributed by atoms with Crippen molar-refractivity contribution in [2.45, 2.75) is 0 Å². The predicted molar refractivity (Wildman–Crippen MR) is 255 cm³/mol. The fraction of sp³-hybridized carbons (Fsp3) is 0. The van der Waals surface area contributed by atoms with Crippen molar-refractivity contribution in [3.05, 3.63) is 218 Å². The molecule has 10 aromatic carbocycles.